The highest BCUT2D eigenvalue weighted by molar-refractivity contribution is 7.18. The zero-order valence-corrected chi connectivity index (χ0v) is 19.1. The van der Waals surface area contributed by atoms with Gasteiger partial charge in [-0.2, -0.15) is 5.26 Å². The molecule has 0 bridgehead atoms. The Morgan fingerprint density at radius 3 is 2.60 bits per heavy atom. The van der Waals surface area contributed by atoms with Crippen LogP contribution in [0.3, 0.4) is 0 Å². The first-order chi connectivity index (χ1) is 14.3. The Morgan fingerprint density at radius 2 is 2.03 bits per heavy atom. The number of thiophene rings is 1. The fraction of sp³-hybridized carbons (Fsp3) is 0.429. The molecule has 30 heavy (non-hydrogen) atoms. The van der Waals surface area contributed by atoms with Crippen molar-refractivity contribution in [2.24, 2.45) is 0 Å². The van der Waals surface area contributed by atoms with Crippen LogP contribution in [0.4, 0.5) is 5.00 Å². The number of nitriles is 1. The molecule has 1 fully saturated rings. The van der Waals surface area contributed by atoms with E-state index in [0.717, 1.165) is 10.6 Å². The van der Waals surface area contributed by atoms with Gasteiger partial charge in [0.25, 0.3) is 0 Å². The highest BCUT2D eigenvalue weighted by Gasteiger charge is 2.27. The van der Waals surface area contributed by atoms with Gasteiger partial charge in [0, 0.05) is 19.1 Å². The average Bonchev–Trinajstić information content (AvgIpc) is 3.10. The number of ether oxygens (including phenoxy) is 1. The molecular formula is C21H23Cl2N3O3S. The van der Waals surface area contributed by atoms with Gasteiger partial charge in [-0.05, 0) is 50.2 Å². The molecule has 9 heteroatoms. The third-order valence-corrected chi connectivity index (χ3v) is 7.23. The maximum Gasteiger partial charge on any atom is 0.346 e. The number of benzene rings is 1. The molecule has 1 unspecified atom stereocenters. The van der Waals surface area contributed by atoms with Crippen molar-refractivity contribution in [1.82, 2.24) is 4.90 Å². The van der Waals surface area contributed by atoms with Crippen molar-refractivity contribution in [1.29, 1.82) is 5.26 Å². The molecule has 1 saturated heterocycles. The second kappa shape index (κ2) is 9.99. The number of hydrogen-bond donors (Lipinski definition) is 1. The number of halogens is 2. The van der Waals surface area contributed by atoms with Crippen LogP contribution in [-0.2, 0) is 11.2 Å². The summed E-state index contributed by atoms with van der Waals surface area (Å²) in [6, 6.07) is 7.79. The number of carboxylic acid groups (broad SMARTS) is 1. The van der Waals surface area contributed by atoms with Crippen LogP contribution in [0.5, 0.6) is 0 Å². The van der Waals surface area contributed by atoms with Crippen LogP contribution in [0.1, 0.15) is 38.8 Å². The van der Waals surface area contributed by atoms with E-state index in [0.29, 0.717) is 60.3 Å². The van der Waals surface area contributed by atoms with Crippen LogP contribution in [0.15, 0.2) is 18.2 Å². The van der Waals surface area contributed by atoms with Crippen molar-refractivity contribution < 1.29 is 14.6 Å². The van der Waals surface area contributed by atoms with E-state index >= 15 is 0 Å². The average molecular weight is 468 g/mol. The van der Waals surface area contributed by atoms with Crippen molar-refractivity contribution in [2.75, 3.05) is 45.3 Å². The van der Waals surface area contributed by atoms with Crippen molar-refractivity contribution in [2.45, 2.75) is 18.9 Å². The molecule has 0 aliphatic carbocycles. The highest BCUT2D eigenvalue weighted by Crippen LogP contribution is 2.38. The number of hydrogen-bond acceptors (Lipinski definition) is 6. The van der Waals surface area contributed by atoms with E-state index in [4.69, 9.17) is 27.9 Å². The summed E-state index contributed by atoms with van der Waals surface area (Å²) < 4.78 is 5.39. The van der Waals surface area contributed by atoms with Crippen molar-refractivity contribution in [3.63, 3.8) is 0 Å². The van der Waals surface area contributed by atoms with Crippen molar-refractivity contribution in [3.05, 3.63) is 49.8 Å². The molecule has 2 heterocycles. The van der Waals surface area contributed by atoms with Gasteiger partial charge in [-0.3, -0.25) is 0 Å². The lowest BCUT2D eigenvalue weighted by atomic mass is 9.96. The predicted octanol–water partition coefficient (Wildman–Crippen LogP) is 4.70. The molecule has 1 aromatic heterocycles. The molecule has 1 aliphatic heterocycles. The number of morpholine rings is 1. The Hall–Kier alpha value is -1.82. The maximum absolute atomic E-state index is 11.9. The summed E-state index contributed by atoms with van der Waals surface area (Å²) in [6.45, 7) is 2.44. The topological polar surface area (TPSA) is 76.8 Å². The minimum atomic E-state index is -0.998. The van der Waals surface area contributed by atoms with Gasteiger partial charge in [0.2, 0.25) is 0 Å². The molecular weight excluding hydrogens is 445 g/mol. The van der Waals surface area contributed by atoms with Crippen molar-refractivity contribution in [3.8, 4) is 6.07 Å². The minimum Gasteiger partial charge on any atom is -0.477 e. The van der Waals surface area contributed by atoms with E-state index < -0.39 is 5.97 Å². The van der Waals surface area contributed by atoms with Crippen LogP contribution in [0.2, 0.25) is 10.0 Å². The smallest absolute Gasteiger partial charge is 0.346 e. The van der Waals surface area contributed by atoms with Crippen LogP contribution in [0.25, 0.3) is 0 Å². The molecule has 3 rings (SSSR count). The number of nitrogens with zero attached hydrogens (tertiary/aromatic N) is 3. The number of carbonyl (C=O) groups is 1. The molecule has 1 atom stereocenters. The fourth-order valence-electron chi connectivity index (χ4n) is 3.69. The van der Waals surface area contributed by atoms with Gasteiger partial charge in [-0.15, -0.1) is 11.3 Å². The summed E-state index contributed by atoms with van der Waals surface area (Å²) in [5.74, 6) is -0.998. The Labute approximate surface area is 190 Å². The summed E-state index contributed by atoms with van der Waals surface area (Å²) in [7, 11) is 3.92. The molecule has 1 aromatic carbocycles. The molecule has 0 spiro atoms. The Balaban J connectivity index is 1.92. The molecule has 0 saturated carbocycles. The first kappa shape index (κ1) is 22.9. The first-order valence-electron chi connectivity index (χ1n) is 9.56. The molecule has 2 aromatic rings. The summed E-state index contributed by atoms with van der Waals surface area (Å²) in [5.41, 5.74) is 2.06. The zero-order valence-electron chi connectivity index (χ0n) is 16.8. The van der Waals surface area contributed by atoms with Crippen molar-refractivity contribution >= 4 is 45.5 Å². The third kappa shape index (κ3) is 4.90. The standard InChI is InChI=1S/C21H23Cl2N3O3S/c1-25(2)18(13-3-5-16(22)17(23)11-13)6-4-14-15(12-24)20(30-19(14)21(27)28)26-7-9-29-10-8-26/h3,5,11,18H,4,6-10H2,1-2H3,(H,27,28). The van der Waals surface area contributed by atoms with E-state index in [-0.39, 0.29) is 10.9 Å². The lowest BCUT2D eigenvalue weighted by Crippen LogP contribution is -2.36. The first-order valence-corrected chi connectivity index (χ1v) is 11.1. The van der Waals surface area contributed by atoms with E-state index in [9.17, 15) is 15.2 Å². The van der Waals surface area contributed by atoms with Crippen LogP contribution in [-0.4, -0.2) is 56.4 Å². The van der Waals surface area contributed by atoms with Crippen LogP contribution >= 0.6 is 34.5 Å². The largest absolute Gasteiger partial charge is 0.477 e. The SMILES string of the molecule is CN(C)C(CCc1c(C(=O)O)sc(N2CCOCC2)c1C#N)c1ccc(Cl)c(Cl)c1. The predicted molar refractivity (Wildman–Crippen MR) is 120 cm³/mol. The normalized spacial score (nSPS) is 15.3. The molecule has 0 radical (unpaired) electrons. The summed E-state index contributed by atoms with van der Waals surface area (Å²) in [6.07, 6.45) is 1.10. The van der Waals surface area contributed by atoms with E-state index in [1.54, 1.807) is 6.07 Å². The fourth-order valence-corrected chi connectivity index (χ4v) is 5.19. The zero-order chi connectivity index (χ0) is 21.8. The highest BCUT2D eigenvalue weighted by atomic mass is 35.5. The maximum atomic E-state index is 11.9. The van der Waals surface area contributed by atoms with E-state index in [1.807, 2.05) is 31.1 Å². The number of aromatic carboxylic acids is 1. The second-order valence-corrected chi connectivity index (χ2v) is 9.11. The van der Waals surface area contributed by atoms with Gasteiger partial charge in [0.15, 0.2) is 0 Å². The van der Waals surface area contributed by atoms with Gasteiger partial charge in [0.1, 0.15) is 15.9 Å². The Bertz CT molecular complexity index is 965. The van der Waals surface area contributed by atoms with Gasteiger partial charge in [0.05, 0.1) is 28.8 Å². The minimum absolute atomic E-state index is 0.000286. The number of rotatable bonds is 7. The summed E-state index contributed by atoms with van der Waals surface area (Å²) in [5, 5.41) is 21.3. The van der Waals surface area contributed by atoms with E-state index in [2.05, 4.69) is 11.0 Å². The Morgan fingerprint density at radius 1 is 1.33 bits per heavy atom. The number of anilines is 1. The van der Waals surface area contributed by atoms with Crippen LogP contribution in [0, 0.1) is 11.3 Å². The molecule has 160 valence electrons. The lowest BCUT2D eigenvalue weighted by molar-refractivity contribution is 0.0701. The van der Waals surface area contributed by atoms with Gasteiger partial charge in [-0.1, -0.05) is 29.3 Å². The molecule has 1 N–H and O–H groups in total. The third-order valence-electron chi connectivity index (χ3n) is 5.21. The lowest BCUT2D eigenvalue weighted by Gasteiger charge is -2.28. The van der Waals surface area contributed by atoms with Crippen LogP contribution < -0.4 is 4.90 Å². The Kier molecular flexibility index (Phi) is 7.61. The second-order valence-electron chi connectivity index (χ2n) is 7.30. The summed E-state index contributed by atoms with van der Waals surface area (Å²) in [4.78, 5) is 16.3. The van der Waals surface area contributed by atoms with Gasteiger partial charge < -0.3 is 19.6 Å². The number of carboxylic acids is 1. The summed E-state index contributed by atoms with van der Waals surface area (Å²) >= 11 is 13.4. The molecule has 0 amide bonds. The monoisotopic (exact) mass is 467 g/mol. The molecule has 1 aliphatic rings. The van der Waals surface area contributed by atoms with Gasteiger partial charge >= 0.3 is 5.97 Å². The molecule has 6 nitrogen and oxygen atoms in total. The quantitative estimate of drug-likeness (QED) is 0.635. The van der Waals surface area contributed by atoms with E-state index in [1.165, 1.54) is 11.3 Å². The van der Waals surface area contributed by atoms with Gasteiger partial charge in [-0.25, -0.2) is 4.79 Å².